The molecule has 0 saturated carbocycles. The molecule has 2 aromatic carbocycles. The fourth-order valence-electron chi connectivity index (χ4n) is 3.15. The monoisotopic (exact) mass is 503 g/mol. The minimum Gasteiger partial charge on any atom is -0.325 e. The summed E-state index contributed by atoms with van der Waals surface area (Å²) in [6.45, 7) is 1.96. The molecule has 0 aliphatic carbocycles. The first kappa shape index (κ1) is 23.8. The van der Waals surface area contributed by atoms with E-state index < -0.39 is 17.6 Å². The molecule has 0 radical (unpaired) electrons. The summed E-state index contributed by atoms with van der Waals surface area (Å²) in [4.78, 5) is 16.6. The first-order valence-corrected chi connectivity index (χ1v) is 11.3. The lowest BCUT2D eigenvalue weighted by Gasteiger charge is -2.14. The lowest BCUT2D eigenvalue weighted by Crippen LogP contribution is -2.18. The summed E-state index contributed by atoms with van der Waals surface area (Å²) >= 11 is 6.75. The van der Waals surface area contributed by atoms with Gasteiger partial charge >= 0.3 is 6.18 Å². The molecule has 174 valence electrons. The normalized spacial score (nSPS) is 11.4. The number of pyridine rings is 1. The van der Waals surface area contributed by atoms with Crippen molar-refractivity contribution in [3.05, 3.63) is 83.1 Å². The molecule has 4 rings (SSSR count). The number of nitrogens with one attached hydrogen (secondary N) is 1. The number of hydrogen-bond donors (Lipinski definition) is 1. The van der Waals surface area contributed by atoms with E-state index in [2.05, 4.69) is 20.5 Å². The highest BCUT2D eigenvalue weighted by molar-refractivity contribution is 7.99. The molecule has 2 heterocycles. The van der Waals surface area contributed by atoms with Crippen LogP contribution in [-0.4, -0.2) is 31.4 Å². The Bertz CT molecular complexity index is 1310. The lowest BCUT2D eigenvalue weighted by atomic mass is 10.1. The van der Waals surface area contributed by atoms with E-state index in [0.29, 0.717) is 11.0 Å². The van der Waals surface area contributed by atoms with Gasteiger partial charge in [-0.3, -0.25) is 14.3 Å². The maximum atomic E-state index is 13.3. The first-order valence-electron chi connectivity index (χ1n) is 9.94. The van der Waals surface area contributed by atoms with Crippen LogP contribution in [0.3, 0.4) is 0 Å². The van der Waals surface area contributed by atoms with Crippen LogP contribution in [0.1, 0.15) is 11.1 Å². The zero-order valence-corrected chi connectivity index (χ0v) is 19.2. The van der Waals surface area contributed by atoms with Crippen molar-refractivity contribution in [2.45, 2.75) is 18.3 Å². The first-order chi connectivity index (χ1) is 16.2. The standard InChI is InChI=1S/C23H17ClF3N5OS/c1-14-4-7-17(8-5-14)32-21(15-3-2-10-28-12-15)30-31-22(32)34-13-20(33)29-19-9-6-16(24)11-18(19)23(25,26)27/h2-12H,13H2,1H3,(H,29,33). The Morgan fingerprint density at radius 1 is 1.12 bits per heavy atom. The third kappa shape index (κ3) is 5.40. The van der Waals surface area contributed by atoms with Crippen molar-refractivity contribution in [1.82, 2.24) is 19.7 Å². The molecular formula is C23H17ClF3N5OS. The van der Waals surface area contributed by atoms with Crippen LogP contribution in [0.15, 0.2) is 72.1 Å². The minimum atomic E-state index is -4.66. The molecule has 0 atom stereocenters. The Morgan fingerprint density at radius 3 is 2.56 bits per heavy atom. The Kier molecular flexibility index (Phi) is 6.90. The van der Waals surface area contributed by atoms with Crippen LogP contribution in [0, 0.1) is 6.92 Å². The molecule has 11 heteroatoms. The number of aromatic nitrogens is 4. The van der Waals surface area contributed by atoms with Crippen LogP contribution in [-0.2, 0) is 11.0 Å². The molecule has 0 fully saturated rings. The third-order valence-electron chi connectivity index (χ3n) is 4.74. The van der Waals surface area contributed by atoms with E-state index in [1.54, 1.807) is 23.0 Å². The van der Waals surface area contributed by atoms with Gasteiger partial charge in [0, 0.05) is 28.7 Å². The van der Waals surface area contributed by atoms with Gasteiger partial charge in [-0.15, -0.1) is 10.2 Å². The van der Waals surface area contributed by atoms with Crippen molar-refractivity contribution < 1.29 is 18.0 Å². The van der Waals surface area contributed by atoms with Gasteiger partial charge in [0.15, 0.2) is 11.0 Å². The molecular weight excluding hydrogens is 487 g/mol. The number of hydrogen-bond acceptors (Lipinski definition) is 5. The molecule has 0 saturated heterocycles. The van der Waals surface area contributed by atoms with Gasteiger partial charge in [-0.05, 0) is 49.4 Å². The zero-order valence-electron chi connectivity index (χ0n) is 17.7. The number of halogens is 4. The van der Waals surface area contributed by atoms with Crippen molar-refractivity contribution in [1.29, 1.82) is 0 Å². The summed E-state index contributed by atoms with van der Waals surface area (Å²) < 4.78 is 41.7. The third-order valence-corrected chi connectivity index (χ3v) is 5.90. The molecule has 0 aliphatic rings. The number of amides is 1. The van der Waals surface area contributed by atoms with Crippen LogP contribution >= 0.6 is 23.4 Å². The number of carbonyl (C=O) groups excluding carboxylic acids is 1. The topological polar surface area (TPSA) is 72.7 Å². The summed E-state index contributed by atoms with van der Waals surface area (Å²) in [6.07, 6.45) is -1.37. The highest BCUT2D eigenvalue weighted by Gasteiger charge is 2.34. The molecule has 0 bridgehead atoms. The minimum absolute atomic E-state index is 0.0752. The average Bonchev–Trinajstić information content (AvgIpc) is 3.23. The van der Waals surface area contributed by atoms with Gasteiger partial charge in [-0.25, -0.2) is 0 Å². The maximum absolute atomic E-state index is 13.3. The lowest BCUT2D eigenvalue weighted by molar-refractivity contribution is -0.137. The summed E-state index contributed by atoms with van der Waals surface area (Å²) in [5, 5.41) is 11.1. The Labute approximate surface area is 202 Å². The van der Waals surface area contributed by atoms with Gasteiger partial charge in [0.2, 0.25) is 5.91 Å². The largest absolute Gasteiger partial charge is 0.418 e. The number of rotatable bonds is 6. The number of nitrogens with zero attached hydrogens (tertiary/aromatic N) is 4. The zero-order chi connectivity index (χ0) is 24.3. The van der Waals surface area contributed by atoms with Crippen molar-refractivity contribution >= 4 is 35.0 Å². The van der Waals surface area contributed by atoms with Gasteiger partial charge in [0.1, 0.15) is 0 Å². The molecule has 0 aliphatic heterocycles. The predicted molar refractivity (Wildman–Crippen MR) is 125 cm³/mol. The van der Waals surface area contributed by atoms with Crippen LogP contribution < -0.4 is 5.32 Å². The summed E-state index contributed by atoms with van der Waals surface area (Å²) in [5.74, 6) is -0.284. The van der Waals surface area contributed by atoms with Crippen LogP contribution in [0.2, 0.25) is 5.02 Å². The Balaban J connectivity index is 1.59. The van der Waals surface area contributed by atoms with Crippen molar-refractivity contribution in [3.63, 3.8) is 0 Å². The maximum Gasteiger partial charge on any atom is 0.418 e. The second kappa shape index (κ2) is 9.86. The van der Waals surface area contributed by atoms with E-state index in [9.17, 15) is 18.0 Å². The number of thioether (sulfide) groups is 1. The fourth-order valence-corrected chi connectivity index (χ4v) is 4.07. The molecule has 1 N–H and O–H groups in total. The fraction of sp³-hybridized carbons (Fsp3) is 0.130. The van der Waals surface area contributed by atoms with E-state index >= 15 is 0 Å². The van der Waals surface area contributed by atoms with Gasteiger partial charge in [0.05, 0.1) is 17.0 Å². The molecule has 2 aromatic heterocycles. The smallest absolute Gasteiger partial charge is 0.325 e. The second-order valence-corrected chi connectivity index (χ2v) is 8.62. The Morgan fingerprint density at radius 2 is 1.88 bits per heavy atom. The molecule has 6 nitrogen and oxygen atoms in total. The van der Waals surface area contributed by atoms with Crippen molar-refractivity contribution in [3.8, 4) is 17.1 Å². The van der Waals surface area contributed by atoms with E-state index in [1.165, 1.54) is 6.07 Å². The van der Waals surface area contributed by atoms with Crippen molar-refractivity contribution in [2.75, 3.05) is 11.1 Å². The van der Waals surface area contributed by atoms with Crippen LogP contribution in [0.25, 0.3) is 17.1 Å². The van der Waals surface area contributed by atoms with E-state index in [4.69, 9.17) is 11.6 Å². The van der Waals surface area contributed by atoms with Gasteiger partial charge in [0.25, 0.3) is 0 Å². The van der Waals surface area contributed by atoms with E-state index in [-0.39, 0.29) is 16.5 Å². The van der Waals surface area contributed by atoms with E-state index in [0.717, 1.165) is 40.7 Å². The quantitative estimate of drug-likeness (QED) is 0.325. The number of benzene rings is 2. The molecule has 1 amide bonds. The average molecular weight is 504 g/mol. The SMILES string of the molecule is Cc1ccc(-n2c(SCC(=O)Nc3ccc(Cl)cc3C(F)(F)F)nnc2-c2cccnc2)cc1. The van der Waals surface area contributed by atoms with Crippen LogP contribution in [0.4, 0.5) is 18.9 Å². The van der Waals surface area contributed by atoms with Crippen LogP contribution in [0.5, 0.6) is 0 Å². The molecule has 34 heavy (non-hydrogen) atoms. The Hall–Kier alpha value is -3.37. The second-order valence-electron chi connectivity index (χ2n) is 7.24. The summed E-state index contributed by atoms with van der Waals surface area (Å²) in [5.41, 5.74) is 1.19. The highest BCUT2D eigenvalue weighted by atomic mass is 35.5. The summed E-state index contributed by atoms with van der Waals surface area (Å²) in [6, 6.07) is 14.5. The van der Waals surface area contributed by atoms with Gasteiger partial charge < -0.3 is 5.32 Å². The van der Waals surface area contributed by atoms with Gasteiger partial charge in [-0.1, -0.05) is 41.1 Å². The number of anilines is 1. The highest BCUT2D eigenvalue weighted by Crippen LogP contribution is 2.36. The van der Waals surface area contributed by atoms with Gasteiger partial charge in [-0.2, -0.15) is 13.2 Å². The number of aryl methyl sites for hydroxylation is 1. The van der Waals surface area contributed by atoms with Crippen molar-refractivity contribution in [2.24, 2.45) is 0 Å². The van der Waals surface area contributed by atoms with E-state index in [1.807, 2.05) is 37.3 Å². The molecule has 0 spiro atoms. The number of carbonyl (C=O) groups is 1. The number of alkyl halides is 3. The molecule has 4 aromatic rings. The summed E-state index contributed by atoms with van der Waals surface area (Å²) in [7, 11) is 0. The predicted octanol–water partition coefficient (Wildman–Crippen LogP) is 6.04. The molecule has 0 unspecified atom stereocenters.